The van der Waals surface area contributed by atoms with E-state index < -0.39 is 0 Å². The maximum Gasteiger partial charge on any atom is 0.191 e. The van der Waals surface area contributed by atoms with Crippen molar-refractivity contribution in [2.45, 2.75) is 26.6 Å². The minimum atomic E-state index is 0. The van der Waals surface area contributed by atoms with Gasteiger partial charge in [-0.3, -0.25) is 4.98 Å². The molecular weight excluding hydrogens is 467 g/mol. The van der Waals surface area contributed by atoms with Gasteiger partial charge in [-0.05, 0) is 48.9 Å². The fourth-order valence-corrected chi connectivity index (χ4v) is 2.47. The van der Waals surface area contributed by atoms with Crippen molar-refractivity contribution < 1.29 is 9.15 Å². The number of nitrogens with zero attached hydrogens (tertiary/aromatic N) is 2. The normalized spacial score (nSPS) is 10.8. The molecule has 0 saturated carbocycles. The summed E-state index contributed by atoms with van der Waals surface area (Å²) in [6.45, 7) is 4.41. The molecule has 0 saturated heterocycles. The molecule has 3 aromatic rings. The molecule has 2 N–H and O–H groups in total. The Balaban J connectivity index is 0.00000280. The monoisotopic (exact) mass is 492 g/mol. The largest absolute Gasteiger partial charge is 0.487 e. The van der Waals surface area contributed by atoms with E-state index in [1.54, 1.807) is 12.5 Å². The number of benzene rings is 1. The van der Waals surface area contributed by atoms with E-state index in [1.807, 2.05) is 61.5 Å². The molecule has 0 spiro atoms. The number of pyridine rings is 1. The first-order valence-corrected chi connectivity index (χ1v) is 8.99. The molecule has 0 unspecified atom stereocenters. The quantitative estimate of drug-likeness (QED) is 0.281. The Kier molecular flexibility index (Phi) is 9.33. The van der Waals surface area contributed by atoms with E-state index in [0.717, 1.165) is 35.3 Å². The highest BCUT2D eigenvalue weighted by molar-refractivity contribution is 14.0. The predicted molar refractivity (Wildman–Crippen MR) is 121 cm³/mol. The Morgan fingerprint density at radius 1 is 1.11 bits per heavy atom. The van der Waals surface area contributed by atoms with Crippen LogP contribution >= 0.6 is 24.0 Å². The summed E-state index contributed by atoms with van der Waals surface area (Å²) >= 11 is 0. The lowest BCUT2D eigenvalue weighted by Crippen LogP contribution is -2.36. The number of nitrogens with one attached hydrogen (secondary N) is 2. The zero-order valence-corrected chi connectivity index (χ0v) is 18.1. The minimum absolute atomic E-state index is 0. The lowest BCUT2D eigenvalue weighted by atomic mass is 10.2. The van der Waals surface area contributed by atoms with Crippen molar-refractivity contribution in [3.63, 3.8) is 0 Å². The van der Waals surface area contributed by atoms with Crippen LogP contribution in [0.3, 0.4) is 0 Å². The van der Waals surface area contributed by atoms with Crippen LogP contribution in [0.4, 0.5) is 0 Å². The molecular formula is C21H25IN4O2. The molecule has 0 radical (unpaired) electrons. The molecule has 6 nitrogen and oxygen atoms in total. The van der Waals surface area contributed by atoms with Crippen molar-refractivity contribution in [1.82, 2.24) is 15.6 Å². The zero-order valence-electron chi connectivity index (χ0n) is 15.8. The fraction of sp³-hybridized carbons (Fsp3) is 0.238. The highest BCUT2D eigenvalue weighted by Gasteiger charge is 2.02. The Morgan fingerprint density at radius 3 is 2.79 bits per heavy atom. The van der Waals surface area contributed by atoms with E-state index in [2.05, 4.69) is 20.6 Å². The number of ether oxygens (including phenoxy) is 1. The number of hydrogen-bond donors (Lipinski definition) is 2. The second kappa shape index (κ2) is 12.0. The number of hydrogen-bond acceptors (Lipinski definition) is 4. The van der Waals surface area contributed by atoms with Crippen LogP contribution in [-0.4, -0.2) is 17.5 Å². The number of guanidine groups is 1. The zero-order chi connectivity index (χ0) is 18.7. The molecule has 2 heterocycles. The summed E-state index contributed by atoms with van der Waals surface area (Å²) in [5, 5.41) is 6.49. The lowest BCUT2D eigenvalue weighted by molar-refractivity contribution is 0.301. The molecule has 2 aromatic heterocycles. The summed E-state index contributed by atoms with van der Waals surface area (Å²) < 4.78 is 11.2. The van der Waals surface area contributed by atoms with Crippen LogP contribution < -0.4 is 15.4 Å². The predicted octanol–water partition coefficient (Wildman–Crippen LogP) is 4.13. The highest BCUT2D eigenvalue weighted by Crippen LogP contribution is 2.15. The van der Waals surface area contributed by atoms with Gasteiger partial charge in [0.15, 0.2) is 5.96 Å². The van der Waals surface area contributed by atoms with Gasteiger partial charge in [0, 0.05) is 12.7 Å². The first-order chi connectivity index (χ1) is 13.3. The third-order valence-electron chi connectivity index (χ3n) is 3.79. The molecule has 0 aliphatic carbocycles. The van der Waals surface area contributed by atoms with Gasteiger partial charge in [-0.15, -0.1) is 24.0 Å². The topological polar surface area (TPSA) is 71.7 Å². The van der Waals surface area contributed by atoms with Gasteiger partial charge in [0.2, 0.25) is 0 Å². The Morgan fingerprint density at radius 2 is 2.04 bits per heavy atom. The first kappa shape index (κ1) is 21.7. The van der Waals surface area contributed by atoms with Crippen molar-refractivity contribution >= 4 is 29.9 Å². The number of halogens is 1. The third-order valence-corrected chi connectivity index (χ3v) is 3.79. The maximum atomic E-state index is 5.83. The van der Waals surface area contributed by atoms with Crippen LogP contribution in [0.1, 0.15) is 23.9 Å². The molecule has 1 aromatic carbocycles. The van der Waals surface area contributed by atoms with E-state index in [1.165, 1.54) is 0 Å². The Bertz CT molecular complexity index is 839. The van der Waals surface area contributed by atoms with Crippen LogP contribution in [0.25, 0.3) is 0 Å². The van der Waals surface area contributed by atoms with Crippen molar-refractivity contribution in [1.29, 1.82) is 0 Å². The number of aromatic nitrogens is 1. The van der Waals surface area contributed by atoms with Gasteiger partial charge in [-0.1, -0.05) is 18.2 Å². The summed E-state index contributed by atoms with van der Waals surface area (Å²) in [6, 6.07) is 17.5. The second-order valence-electron chi connectivity index (χ2n) is 5.89. The summed E-state index contributed by atoms with van der Waals surface area (Å²) in [6.07, 6.45) is 3.43. The van der Waals surface area contributed by atoms with Gasteiger partial charge in [-0.2, -0.15) is 0 Å². The van der Waals surface area contributed by atoms with Crippen molar-refractivity contribution in [3.8, 4) is 5.75 Å². The second-order valence-corrected chi connectivity index (χ2v) is 5.89. The smallest absolute Gasteiger partial charge is 0.191 e. The molecule has 28 heavy (non-hydrogen) atoms. The van der Waals surface area contributed by atoms with Gasteiger partial charge >= 0.3 is 0 Å². The van der Waals surface area contributed by atoms with Crippen LogP contribution in [-0.2, 0) is 19.7 Å². The standard InChI is InChI=1S/C21H24N4O2.HI/c1-2-22-21(25-15-20-10-6-12-26-20)24-14-17-7-5-9-19(13-17)27-16-18-8-3-4-11-23-18;/h3-13H,2,14-16H2,1H3,(H2,22,24,25);1H. The minimum Gasteiger partial charge on any atom is -0.487 e. The van der Waals surface area contributed by atoms with Crippen LogP contribution in [0.15, 0.2) is 76.5 Å². The van der Waals surface area contributed by atoms with Gasteiger partial charge in [0.25, 0.3) is 0 Å². The molecule has 3 rings (SSSR count). The molecule has 0 aliphatic heterocycles. The molecule has 0 amide bonds. The van der Waals surface area contributed by atoms with Crippen molar-refractivity contribution in [2.75, 3.05) is 6.54 Å². The molecule has 7 heteroatoms. The molecule has 0 aliphatic rings. The van der Waals surface area contributed by atoms with Gasteiger partial charge in [0.05, 0.1) is 25.0 Å². The van der Waals surface area contributed by atoms with Gasteiger partial charge < -0.3 is 19.8 Å². The van der Waals surface area contributed by atoms with Crippen LogP contribution in [0, 0.1) is 0 Å². The average Bonchev–Trinajstić information content (AvgIpc) is 3.23. The SMILES string of the molecule is CCNC(=NCc1cccc(OCc2ccccn2)c1)NCc1ccco1.I. The average molecular weight is 492 g/mol. The Hall–Kier alpha value is -2.55. The first-order valence-electron chi connectivity index (χ1n) is 8.99. The molecule has 0 bridgehead atoms. The van der Waals surface area contributed by atoms with Crippen LogP contribution in [0.5, 0.6) is 5.75 Å². The van der Waals surface area contributed by atoms with Crippen molar-refractivity contribution in [2.24, 2.45) is 4.99 Å². The lowest BCUT2D eigenvalue weighted by Gasteiger charge is -2.11. The summed E-state index contributed by atoms with van der Waals surface area (Å²) in [5.74, 6) is 2.42. The van der Waals surface area contributed by atoms with E-state index in [4.69, 9.17) is 9.15 Å². The highest BCUT2D eigenvalue weighted by atomic mass is 127. The van der Waals surface area contributed by atoms with E-state index >= 15 is 0 Å². The number of furan rings is 1. The number of rotatable bonds is 8. The van der Waals surface area contributed by atoms with E-state index in [-0.39, 0.29) is 24.0 Å². The van der Waals surface area contributed by atoms with E-state index in [0.29, 0.717) is 19.7 Å². The number of aliphatic imine (C=N–C) groups is 1. The summed E-state index contributed by atoms with van der Waals surface area (Å²) in [7, 11) is 0. The van der Waals surface area contributed by atoms with E-state index in [9.17, 15) is 0 Å². The molecule has 148 valence electrons. The summed E-state index contributed by atoms with van der Waals surface area (Å²) in [4.78, 5) is 8.89. The maximum absolute atomic E-state index is 5.83. The summed E-state index contributed by atoms with van der Waals surface area (Å²) in [5.41, 5.74) is 1.97. The Labute approximate surface area is 182 Å². The van der Waals surface area contributed by atoms with Gasteiger partial charge in [0.1, 0.15) is 18.1 Å². The molecule has 0 atom stereocenters. The third kappa shape index (κ3) is 7.22. The fourth-order valence-electron chi connectivity index (χ4n) is 2.47. The molecule has 0 fully saturated rings. The van der Waals surface area contributed by atoms with Gasteiger partial charge in [-0.25, -0.2) is 4.99 Å². The van der Waals surface area contributed by atoms with Crippen molar-refractivity contribution in [3.05, 3.63) is 84.1 Å². The van der Waals surface area contributed by atoms with Crippen LogP contribution in [0.2, 0.25) is 0 Å².